The monoisotopic (exact) mass is 355 g/mol. The van der Waals surface area contributed by atoms with Crippen LogP contribution in [0.25, 0.3) is 22.0 Å². The maximum absolute atomic E-state index is 5.47. The van der Waals surface area contributed by atoms with E-state index in [-0.39, 0.29) is 0 Å². The van der Waals surface area contributed by atoms with Gasteiger partial charge in [-0.15, -0.1) is 0 Å². The molecule has 0 aliphatic rings. The first-order valence-electron chi connectivity index (χ1n) is 7.98. The van der Waals surface area contributed by atoms with E-state index in [4.69, 9.17) is 23.7 Å². The fourth-order valence-corrected chi connectivity index (χ4v) is 2.96. The highest BCUT2D eigenvalue weighted by atomic mass is 16.5. The van der Waals surface area contributed by atoms with E-state index in [1.54, 1.807) is 41.7 Å². The molecule has 2 aromatic carbocycles. The molecule has 6 heteroatoms. The van der Waals surface area contributed by atoms with Gasteiger partial charge >= 0.3 is 0 Å². The van der Waals surface area contributed by atoms with Crippen molar-refractivity contribution in [3.05, 3.63) is 36.5 Å². The number of methoxy groups -OCH3 is 5. The zero-order valence-electron chi connectivity index (χ0n) is 15.5. The summed E-state index contributed by atoms with van der Waals surface area (Å²) in [6.07, 6.45) is 1.76. The summed E-state index contributed by atoms with van der Waals surface area (Å²) < 4.78 is 27.2. The van der Waals surface area contributed by atoms with E-state index in [1.807, 2.05) is 30.3 Å². The van der Waals surface area contributed by atoms with Gasteiger partial charge in [-0.3, -0.25) is 4.98 Å². The lowest BCUT2D eigenvalue weighted by Gasteiger charge is -2.16. The first-order valence-corrected chi connectivity index (χ1v) is 7.98. The highest BCUT2D eigenvalue weighted by Gasteiger charge is 2.17. The van der Waals surface area contributed by atoms with Gasteiger partial charge < -0.3 is 23.7 Å². The van der Waals surface area contributed by atoms with E-state index in [2.05, 4.69) is 4.98 Å². The summed E-state index contributed by atoms with van der Waals surface area (Å²) in [4.78, 5) is 4.45. The van der Waals surface area contributed by atoms with Crippen LogP contribution in [-0.2, 0) is 0 Å². The van der Waals surface area contributed by atoms with Crippen molar-refractivity contribution < 1.29 is 23.7 Å². The molecular formula is C20H21NO5. The predicted octanol–water partition coefficient (Wildman–Crippen LogP) is 3.94. The van der Waals surface area contributed by atoms with Crippen molar-refractivity contribution in [3.63, 3.8) is 0 Å². The summed E-state index contributed by atoms with van der Waals surface area (Å²) in [6, 6.07) is 9.53. The third-order valence-corrected chi connectivity index (χ3v) is 4.22. The van der Waals surface area contributed by atoms with E-state index in [0.717, 1.165) is 22.0 Å². The third kappa shape index (κ3) is 2.94. The lowest BCUT2D eigenvalue weighted by molar-refractivity contribution is 0.324. The van der Waals surface area contributed by atoms with E-state index in [0.29, 0.717) is 28.7 Å². The predicted molar refractivity (Wildman–Crippen MR) is 99.9 cm³/mol. The summed E-state index contributed by atoms with van der Waals surface area (Å²) in [6.45, 7) is 0. The van der Waals surface area contributed by atoms with Crippen molar-refractivity contribution in [1.82, 2.24) is 4.98 Å². The standard InChI is InChI=1S/C20H21NO5/c1-22-16-10-14-13(6-7-21-15(14)11-17(16)23-2)12-8-18(24-3)20(26-5)19(9-12)25-4/h6-11H,1-5H3. The molecule has 0 aliphatic carbocycles. The first kappa shape index (κ1) is 17.7. The number of hydrogen-bond donors (Lipinski definition) is 0. The fraction of sp³-hybridized carbons (Fsp3) is 0.250. The number of pyridine rings is 1. The normalized spacial score (nSPS) is 10.5. The molecule has 0 bridgehead atoms. The molecule has 1 aromatic heterocycles. The van der Waals surface area contributed by atoms with E-state index < -0.39 is 0 Å². The van der Waals surface area contributed by atoms with Crippen LogP contribution in [0, 0.1) is 0 Å². The zero-order valence-corrected chi connectivity index (χ0v) is 15.5. The Kier molecular flexibility index (Phi) is 5.02. The molecule has 0 saturated carbocycles. The molecular weight excluding hydrogens is 334 g/mol. The van der Waals surface area contributed by atoms with Crippen LogP contribution in [0.5, 0.6) is 28.7 Å². The molecule has 1 heterocycles. The van der Waals surface area contributed by atoms with Crippen molar-refractivity contribution in [3.8, 4) is 39.9 Å². The summed E-state index contributed by atoms with van der Waals surface area (Å²) in [5, 5.41) is 0.930. The number of fused-ring (bicyclic) bond motifs is 1. The van der Waals surface area contributed by atoms with Gasteiger partial charge in [0, 0.05) is 17.6 Å². The molecule has 0 radical (unpaired) electrons. The number of hydrogen-bond acceptors (Lipinski definition) is 6. The SMILES string of the molecule is COc1cc2nccc(-c3cc(OC)c(OC)c(OC)c3)c2cc1OC. The van der Waals surface area contributed by atoms with Crippen LogP contribution in [0.15, 0.2) is 36.5 Å². The topological polar surface area (TPSA) is 59.0 Å². The van der Waals surface area contributed by atoms with Gasteiger partial charge in [0.25, 0.3) is 0 Å². The van der Waals surface area contributed by atoms with Gasteiger partial charge in [0.1, 0.15) is 0 Å². The largest absolute Gasteiger partial charge is 0.493 e. The number of rotatable bonds is 6. The third-order valence-electron chi connectivity index (χ3n) is 4.22. The van der Waals surface area contributed by atoms with Gasteiger partial charge in [-0.25, -0.2) is 0 Å². The molecule has 136 valence electrons. The average molecular weight is 355 g/mol. The van der Waals surface area contributed by atoms with Gasteiger partial charge in [-0.1, -0.05) is 0 Å². The Bertz CT molecular complexity index is 914. The second-order valence-electron chi connectivity index (χ2n) is 5.50. The molecule has 0 atom stereocenters. The number of nitrogens with zero attached hydrogens (tertiary/aromatic N) is 1. The molecule has 6 nitrogen and oxygen atoms in total. The van der Waals surface area contributed by atoms with E-state index in [9.17, 15) is 0 Å². The van der Waals surface area contributed by atoms with Gasteiger partial charge in [-0.05, 0) is 35.4 Å². The Balaban J connectivity index is 2.28. The Morgan fingerprint density at radius 2 is 1.23 bits per heavy atom. The molecule has 0 saturated heterocycles. The fourth-order valence-electron chi connectivity index (χ4n) is 2.96. The Morgan fingerprint density at radius 3 is 1.77 bits per heavy atom. The molecule has 0 N–H and O–H groups in total. The van der Waals surface area contributed by atoms with Crippen LogP contribution < -0.4 is 23.7 Å². The number of aromatic nitrogens is 1. The van der Waals surface area contributed by atoms with Crippen LogP contribution in [0.1, 0.15) is 0 Å². The van der Waals surface area contributed by atoms with E-state index >= 15 is 0 Å². The highest BCUT2D eigenvalue weighted by molar-refractivity contribution is 5.97. The van der Waals surface area contributed by atoms with Crippen LogP contribution in [-0.4, -0.2) is 40.5 Å². The lowest BCUT2D eigenvalue weighted by atomic mass is 10.00. The Morgan fingerprint density at radius 1 is 0.654 bits per heavy atom. The molecule has 0 fully saturated rings. The summed E-state index contributed by atoms with van der Waals surface area (Å²) in [5.74, 6) is 3.01. The van der Waals surface area contributed by atoms with Gasteiger partial charge in [0.15, 0.2) is 23.0 Å². The Labute approximate surface area is 152 Å². The van der Waals surface area contributed by atoms with Crippen LogP contribution in [0.3, 0.4) is 0 Å². The summed E-state index contributed by atoms with van der Waals surface area (Å²) in [5.41, 5.74) is 2.68. The van der Waals surface area contributed by atoms with Gasteiger partial charge in [-0.2, -0.15) is 0 Å². The van der Waals surface area contributed by atoms with Crippen molar-refractivity contribution in [2.24, 2.45) is 0 Å². The second kappa shape index (κ2) is 7.39. The maximum atomic E-state index is 5.47. The molecule has 0 spiro atoms. The summed E-state index contributed by atoms with van der Waals surface area (Å²) in [7, 11) is 7.99. The molecule has 0 unspecified atom stereocenters. The quantitative estimate of drug-likeness (QED) is 0.667. The van der Waals surface area contributed by atoms with E-state index in [1.165, 1.54) is 0 Å². The lowest BCUT2D eigenvalue weighted by Crippen LogP contribution is -1.96. The smallest absolute Gasteiger partial charge is 0.203 e. The van der Waals surface area contributed by atoms with Crippen LogP contribution in [0.4, 0.5) is 0 Å². The van der Waals surface area contributed by atoms with Crippen molar-refractivity contribution in [2.75, 3.05) is 35.5 Å². The molecule has 3 aromatic rings. The average Bonchev–Trinajstić information content (AvgIpc) is 2.70. The first-order chi connectivity index (χ1) is 12.7. The zero-order chi connectivity index (χ0) is 18.7. The van der Waals surface area contributed by atoms with Crippen LogP contribution in [0.2, 0.25) is 0 Å². The van der Waals surface area contributed by atoms with Crippen molar-refractivity contribution in [2.45, 2.75) is 0 Å². The maximum Gasteiger partial charge on any atom is 0.203 e. The minimum absolute atomic E-state index is 0.552. The number of ether oxygens (including phenoxy) is 5. The van der Waals surface area contributed by atoms with Gasteiger partial charge in [0.2, 0.25) is 5.75 Å². The van der Waals surface area contributed by atoms with Gasteiger partial charge in [0.05, 0.1) is 41.1 Å². The number of benzene rings is 2. The van der Waals surface area contributed by atoms with Crippen LogP contribution >= 0.6 is 0 Å². The molecule has 26 heavy (non-hydrogen) atoms. The Hall–Kier alpha value is -3.15. The minimum Gasteiger partial charge on any atom is -0.493 e. The molecule has 3 rings (SSSR count). The molecule has 0 amide bonds. The van der Waals surface area contributed by atoms with Crippen molar-refractivity contribution >= 4 is 10.9 Å². The second-order valence-corrected chi connectivity index (χ2v) is 5.50. The highest BCUT2D eigenvalue weighted by Crippen LogP contribution is 2.43. The molecule has 0 aliphatic heterocycles. The minimum atomic E-state index is 0.552. The summed E-state index contributed by atoms with van der Waals surface area (Å²) >= 11 is 0. The van der Waals surface area contributed by atoms with Crippen molar-refractivity contribution in [1.29, 1.82) is 0 Å².